The smallest absolute Gasteiger partial charge is 0.335 e. The van der Waals surface area contributed by atoms with Crippen LogP contribution in [0.4, 0.5) is 10.7 Å². The molecule has 3 rings (SSSR count). The van der Waals surface area contributed by atoms with Crippen molar-refractivity contribution in [2.45, 2.75) is 11.8 Å². The highest BCUT2D eigenvalue weighted by atomic mass is 32.2. The summed E-state index contributed by atoms with van der Waals surface area (Å²) in [6.45, 7) is 1.83. The van der Waals surface area contributed by atoms with Gasteiger partial charge in [0.15, 0.2) is 0 Å². The molecule has 0 unspecified atom stereocenters. The number of rotatable bonds is 7. The molecule has 0 bridgehead atoms. The Morgan fingerprint density at radius 3 is 2.06 bits per heavy atom. The van der Waals surface area contributed by atoms with Gasteiger partial charge in [-0.05, 0) is 30.7 Å². The van der Waals surface area contributed by atoms with E-state index >= 15 is 0 Å². The fraction of sp³-hybridized carbons (Fsp3) is 0.158. The lowest BCUT2D eigenvalue weighted by atomic mass is 10.2. The van der Waals surface area contributed by atoms with Crippen molar-refractivity contribution in [1.29, 1.82) is 0 Å². The van der Waals surface area contributed by atoms with Crippen molar-refractivity contribution in [2.75, 3.05) is 19.5 Å². The van der Waals surface area contributed by atoms with Crippen molar-refractivity contribution in [2.24, 2.45) is 0 Å². The third-order valence-electron chi connectivity index (χ3n) is 3.86. The van der Waals surface area contributed by atoms with Crippen LogP contribution >= 0.6 is 0 Å². The molecule has 31 heavy (non-hydrogen) atoms. The van der Waals surface area contributed by atoms with Gasteiger partial charge in [-0.1, -0.05) is 30.3 Å². The predicted octanol–water partition coefficient (Wildman–Crippen LogP) is 2.50. The van der Waals surface area contributed by atoms with Gasteiger partial charge in [-0.2, -0.15) is 9.97 Å². The molecule has 0 radical (unpaired) electrons. The topological polar surface area (TPSA) is 142 Å². The van der Waals surface area contributed by atoms with Crippen LogP contribution < -0.4 is 24.2 Å². The van der Waals surface area contributed by atoms with Gasteiger partial charge in [0, 0.05) is 0 Å². The fourth-order valence-electron chi connectivity index (χ4n) is 2.43. The van der Waals surface area contributed by atoms with Crippen molar-refractivity contribution in [3.05, 3.63) is 54.1 Å². The summed E-state index contributed by atoms with van der Waals surface area (Å²) in [5.74, 6) is 0.278. The molecule has 2 amide bonds. The van der Waals surface area contributed by atoms with Gasteiger partial charge in [0.05, 0.1) is 14.2 Å². The Balaban J connectivity index is 1.81. The summed E-state index contributed by atoms with van der Waals surface area (Å²) in [6.07, 6.45) is 0. The number of amides is 2. The molecule has 0 aliphatic rings. The van der Waals surface area contributed by atoms with Gasteiger partial charge >= 0.3 is 18.1 Å². The number of para-hydroxylation sites is 2. The Hall–Kier alpha value is -3.93. The Morgan fingerprint density at radius 1 is 0.871 bits per heavy atom. The second kappa shape index (κ2) is 9.26. The number of aryl methyl sites for hydroxylation is 1. The van der Waals surface area contributed by atoms with Crippen LogP contribution in [-0.2, 0) is 10.0 Å². The van der Waals surface area contributed by atoms with E-state index in [1.165, 1.54) is 32.4 Å². The maximum Gasteiger partial charge on any atom is 0.335 e. The van der Waals surface area contributed by atoms with E-state index in [1.54, 1.807) is 18.2 Å². The number of nitrogens with one attached hydrogen (secondary N) is 2. The summed E-state index contributed by atoms with van der Waals surface area (Å²) in [7, 11) is -1.67. The number of hydrogen-bond acceptors (Lipinski definition) is 9. The van der Waals surface area contributed by atoms with Crippen LogP contribution in [0, 0.1) is 6.92 Å². The molecule has 162 valence electrons. The zero-order valence-electron chi connectivity index (χ0n) is 16.8. The number of carbonyl (C=O) groups is 1. The number of methoxy groups -OCH3 is 2. The highest BCUT2D eigenvalue weighted by molar-refractivity contribution is 7.90. The van der Waals surface area contributed by atoms with Crippen LogP contribution in [0.1, 0.15) is 5.56 Å². The largest absolute Gasteiger partial charge is 0.467 e. The van der Waals surface area contributed by atoms with E-state index in [9.17, 15) is 13.2 Å². The first-order chi connectivity index (χ1) is 14.8. The van der Waals surface area contributed by atoms with Gasteiger partial charge in [0.2, 0.25) is 5.95 Å². The molecule has 2 N–H and O–H groups in total. The van der Waals surface area contributed by atoms with Crippen molar-refractivity contribution in [3.8, 4) is 23.5 Å². The van der Waals surface area contributed by atoms with Crippen LogP contribution in [0.25, 0.3) is 0 Å². The van der Waals surface area contributed by atoms with E-state index in [0.717, 1.165) is 5.56 Å². The van der Waals surface area contributed by atoms with E-state index < -0.39 is 16.1 Å². The summed E-state index contributed by atoms with van der Waals surface area (Å²) < 4.78 is 43.1. The van der Waals surface area contributed by atoms with E-state index in [1.807, 2.05) is 23.8 Å². The second-order valence-electron chi connectivity index (χ2n) is 6.01. The van der Waals surface area contributed by atoms with Crippen molar-refractivity contribution in [1.82, 2.24) is 19.7 Å². The predicted molar refractivity (Wildman–Crippen MR) is 110 cm³/mol. The average molecular weight is 445 g/mol. The molecule has 0 atom stereocenters. The highest BCUT2D eigenvalue weighted by Gasteiger charge is 2.23. The molecular weight excluding hydrogens is 426 g/mol. The van der Waals surface area contributed by atoms with Gasteiger partial charge < -0.3 is 14.2 Å². The van der Waals surface area contributed by atoms with Crippen LogP contribution in [0.2, 0.25) is 0 Å². The molecule has 0 saturated carbocycles. The molecule has 0 saturated heterocycles. The van der Waals surface area contributed by atoms with Crippen molar-refractivity contribution < 1.29 is 27.4 Å². The van der Waals surface area contributed by atoms with Crippen LogP contribution in [0.3, 0.4) is 0 Å². The van der Waals surface area contributed by atoms with E-state index in [2.05, 4.69) is 20.3 Å². The Kier molecular flexibility index (Phi) is 6.50. The number of ether oxygens (including phenoxy) is 3. The molecule has 11 nitrogen and oxygen atoms in total. The van der Waals surface area contributed by atoms with Gasteiger partial charge in [0.1, 0.15) is 16.4 Å². The quantitative estimate of drug-likeness (QED) is 0.561. The zero-order chi connectivity index (χ0) is 22.4. The molecule has 1 aromatic heterocycles. The Bertz CT molecular complexity index is 1180. The summed E-state index contributed by atoms with van der Waals surface area (Å²) >= 11 is 0. The maximum absolute atomic E-state index is 12.8. The summed E-state index contributed by atoms with van der Waals surface area (Å²) in [6, 6.07) is 11.7. The first kappa shape index (κ1) is 21.8. The molecule has 2 aromatic carbocycles. The van der Waals surface area contributed by atoms with Gasteiger partial charge in [-0.25, -0.2) is 17.9 Å². The number of aromatic nitrogens is 3. The Morgan fingerprint density at radius 2 is 1.45 bits per heavy atom. The SMILES string of the molecule is COc1nc(NC(=O)NS(=O)(=O)c2ccccc2Oc2ccccc2C)nc(OC)n1. The fourth-order valence-corrected chi connectivity index (χ4v) is 3.46. The number of nitrogens with zero attached hydrogens (tertiary/aromatic N) is 3. The van der Waals surface area contributed by atoms with E-state index in [4.69, 9.17) is 14.2 Å². The second-order valence-corrected chi connectivity index (χ2v) is 7.66. The van der Waals surface area contributed by atoms with E-state index in [-0.39, 0.29) is 28.6 Å². The van der Waals surface area contributed by atoms with Crippen LogP contribution in [0.15, 0.2) is 53.4 Å². The molecule has 0 aliphatic heterocycles. The molecule has 0 aliphatic carbocycles. The first-order valence-corrected chi connectivity index (χ1v) is 10.3. The summed E-state index contributed by atoms with van der Waals surface area (Å²) in [4.78, 5) is 23.5. The molecule has 12 heteroatoms. The minimum atomic E-state index is -4.30. The molecule has 0 spiro atoms. The minimum absolute atomic E-state index is 0.0561. The number of benzene rings is 2. The number of hydrogen-bond donors (Lipinski definition) is 2. The number of sulfonamides is 1. The normalized spacial score (nSPS) is 10.8. The lowest BCUT2D eigenvalue weighted by Crippen LogP contribution is -2.35. The molecular formula is C19H19N5O6S. The van der Waals surface area contributed by atoms with E-state index in [0.29, 0.717) is 5.75 Å². The Labute approximate surface area is 178 Å². The third kappa shape index (κ3) is 5.36. The van der Waals surface area contributed by atoms with Crippen molar-refractivity contribution in [3.63, 3.8) is 0 Å². The molecule has 0 fully saturated rings. The lowest BCUT2D eigenvalue weighted by Gasteiger charge is -2.14. The molecule has 1 heterocycles. The maximum atomic E-state index is 12.8. The van der Waals surface area contributed by atoms with Gasteiger partial charge in [0.25, 0.3) is 10.0 Å². The molecule has 3 aromatic rings. The van der Waals surface area contributed by atoms with Crippen molar-refractivity contribution >= 4 is 22.0 Å². The minimum Gasteiger partial charge on any atom is -0.467 e. The number of carbonyl (C=O) groups excluding carboxylic acids is 1. The van der Waals surface area contributed by atoms with Gasteiger partial charge in [-0.3, -0.25) is 5.32 Å². The summed E-state index contributed by atoms with van der Waals surface area (Å²) in [5, 5.41) is 2.20. The standard InChI is InChI=1S/C19H19N5O6S/c1-12-8-4-5-9-13(12)30-14-10-6-7-11-15(14)31(26,27)24-17(25)20-16-21-18(28-2)23-19(22-16)29-3/h4-11H,1-3H3,(H2,20,21,22,23,24,25). The highest BCUT2D eigenvalue weighted by Crippen LogP contribution is 2.30. The third-order valence-corrected chi connectivity index (χ3v) is 5.23. The first-order valence-electron chi connectivity index (χ1n) is 8.83. The zero-order valence-corrected chi connectivity index (χ0v) is 17.6. The van der Waals surface area contributed by atoms with Crippen LogP contribution in [-0.4, -0.2) is 43.6 Å². The summed E-state index contributed by atoms with van der Waals surface area (Å²) in [5.41, 5.74) is 0.818. The average Bonchev–Trinajstić information content (AvgIpc) is 2.74. The lowest BCUT2D eigenvalue weighted by molar-refractivity contribution is 0.256. The number of anilines is 1. The number of urea groups is 1. The van der Waals surface area contributed by atoms with Gasteiger partial charge in [-0.15, -0.1) is 4.98 Å². The van der Waals surface area contributed by atoms with Crippen LogP contribution in [0.5, 0.6) is 23.5 Å². The monoisotopic (exact) mass is 445 g/mol.